The lowest BCUT2D eigenvalue weighted by atomic mass is 9.68. The van der Waals surface area contributed by atoms with Crippen molar-refractivity contribution < 1.29 is 49.7 Å². The first-order valence-electron chi connectivity index (χ1n) is 17.6. The van der Waals surface area contributed by atoms with Gasteiger partial charge in [-0.1, -0.05) is 51.2 Å². The number of unbranched alkanes of at least 4 members (excludes halogenated alkanes) is 4. The van der Waals surface area contributed by atoms with Crippen LogP contribution in [0.25, 0.3) is 0 Å². The van der Waals surface area contributed by atoms with E-state index in [-0.39, 0.29) is 30.5 Å². The van der Waals surface area contributed by atoms with Gasteiger partial charge in [-0.25, -0.2) is 8.78 Å². The third kappa shape index (κ3) is 10.0. The number of ether oxygens (including phenoxy) is 4. The highest BCUT2D eigenvalue weighted by atomic mass is 19.4. The number of rotatable bonds is 13. The van der Waals surface area contributed by atoms with Crippen LogP contribution in [0.4, 0.5) is 30.7 Å². The molecule has 0 radical (unpaired) electrons. The fourth-order valence-electron chi connectivity index (χ4n) is 7.78. The van der Waals surface area contributed by atoms with Gasteiger partial charge in [0.1, 0.15) is 11.6 Å². The van der Waals surface area contributed by atoms with Crippen molar-refractivity contribution >= 4 is 0 Å². The van der Waals surface area contributed by atoms with Gasteiger partial charge in [0.25, 0.3) is 0 Å². The molecule has 1 heterocycles. The molecule has 0 unspecified atom stereocenters. The summed E-state index contributed by atoms with van der Waals surface area (Å²) in [7, 11) is 0. The molecule has 1 saturated heterocycles. The van der Waals surface area contributed by atoms with Gasteiger partial charge in [0.05, 0.1) is 19.1 Å². The Morgan fingerprint density at radius 1 is 0.708 bits per heavy atom. The fourth-order valence-corrected chi connectivity index (χ4v) is 7.78. The summed E-state index contributed by atoms with van der Waals surface area (Å²) >= 11 is 0. The monoisotopic (exact) mass is 688 g/mol. The van der Waals surface area contributed by atoms with Crippen LogP contribution in [0, 0.1) is 35.3 Å². The average molecular weight is 689 g/mol. The largest absolute Gasteiger partial charge is 0.573 e. The highest BCUT2D eigenvalue weighted by molar-refractivity contribution is 5.33. The molecule has 0 spiro atoms. The smallest absolute Gasteiger partial charge is 0.432 e. The summed E-state index contributed by atoms with van der Waals surface area (Å²) in [5, 5.41) is 0. The van der Waals surface area contributed by atoms with Crippen molar-refractivity contribution in [3.8, 4) is 11.5 Å². The Morgan fingerprint density at radius 3 is 1.96 bits per heavy atom. The third-order valence-corrected chi connectivity index (χ3v) is 10.5. The first-order chi connectivity index (χ1) is 22.9. The summed E-state index contributed by atoms with van der Waals surface area (Å²) in [6.07, 6.45) is 3.08. The minimum atomic E-state index is -5.11. The first-order valence-corrected chi connectivity index (χ1v) is 17.6. The van der Waals surface area contributed by atoms with Crippen LogP contribution in [0.2, 0.25) is 0 Å². The molecule has 0 atom stereocenters. The van der Waals surface area contributed by atoms with Crippen LogP contribution in [0.1, 0.15) is 120 Å². The maximum absolute atomic E-state index is 15.3. The molecule has 2 aromatic carbocycles. The van der Waals surface area contributed by atoms with E-state index < -0.39 is 42.0 Å². The number of benzene rings is 2. The van der Waals surface area contributed by atoms with Crippen LogP contribution in [-0.4, -0.2) is 25.7 Å². The molecule has 48 heavy (non-hydrogen) atoms. The summed E-state index contributed by atoms with van der Waals surface area (Å²) in [6.45, 7) is 3.45. The molecule has 0 aromatic heterocycles. The number of hydrogen-bond donors (Lipinski definition) is 0. The maximum atomic E-state index is 15.3. The molecule has 268 valence electrons. The van der Waals surface area contributed by atoms with Crippen LogP contribution in [0.3, 0.4) is 0 Å². The van der Waals surface area contributed by atoms with E-state index >= 15 is 4.39 Å². The Morgan fingerprint density at radius 2 is 1.35 bits per heavy atom. The van der Waals surface area contributed by atoms with Crippen LogP contribution in [0.15, 0.2) is 36.4 Å². The van der Waals surface area contributed by atoms with Crippen LogP contribution in [-0.2, 0) is 9.47 Å². The van der Waals surface area contributed by atoms with E-state index in [0.29, 0.717) is 61.2 Å². The van der Waals surface area contributed by atoms with Crippen molar-refractivity contribution in [2.75, 3.05) is 13.2 Å². The lowest BCUT2D eigenvalue weighted by Gasteiger charge is -2.39. The first kappa shape index (κ1) is 36.7. The summed E-state index contributed by atoms with van der Waals surface area (Å²) < 4.78 is 117. The van der Waals surface area contributed by atoms with Crippen molar-refractivity contribution in [3.63, 3.8) is 0 Å². The molecular weight excluding hydrogens is 641 g/mol. The molecule has 3 fully saturated rings. The number of halogens is 7. The number of hydrogen-bond acceptors (Lipinski definition) is 4. The summed E-state index contributed by atoms with van der Waals surface area (Å²) in [5.74, 6) is -3.33. The average Bonchev–Trinajstić information content (AvgIpc) is 3.06. The zero-order valence-electron chi connectivity index (χ0n) is 27.5. The van der Waals surface area contributed by atoms with Crippen molar-refractivity contribution in [2.24, 2.45) is 23.7 Å². The Labute approximate surface area is 278 Å². The van der Waals surface area contributed by atoms with Crippen molar-refractivity contribution in [2.45, 2.75) is 121 Å². The number of alkyl halides is 5. The standard InChI is InChI=1S/C37H47F7O4/c1-2-3-4-5-6-7-24-22-45-35(46-23-24)28-14-18-31(32(38)20-28)27-10-8-25(9-11-27)26-12-15-29(16-13-26)36(40,41)47-30-17-19-34(33(39)21-30)48-37(42,43)44/h14,17-21,24-27,29,35H,2-13,15-16,22-23H2,1H3. The van der Waals surface area contributed by atoms with E-state index in [0.717, 1.165) is 38.2 Å². The van der Waals surface area contributed by atoms with Crippen molar-refractivity contribution in [1.29, 1.82) is 0 Å². The minimum absolute atomic E-state index is 0.1000. The molecule has 5 rings (SSSR count). The molecule has 1 aliphatic heterocycles. The van der Waals surface area contributed by atoms with E-state index in [1.54, 1.807) is 6.07 Å². The quantitative estimate of drug-likeness (QED) is 0.155. The van der Waals surface area contributed by atoms with Gasteiger partial charge in [0, 0.05) is 17.5 Å². The molecule has 0 N–H and O–H groups in total. The Balaban J connectivity index is 1.04. The molecular formula is C37H47F7O4. The topological polar surface area (TPSA) is 36.9 Å². The molecule has 4 nitrogen and oxygen atoms in total. The second-order valence-corrected chi connectivity index (χ2v) is 13.9. The van der Waals surface area contributed by atoms with E-state index in [4.69, 9.17) is 14.2 Å². The molecule has 2 saturated carbocycles. The highest BCUT2D eigenvalue weighted by Gasteiger charge is 2.45. The van der Waals surface area contributed by atoms with Crippen molar-refractivity contribution in [1.82, 2.24) is 0 Å². The van der Waals surface area contributed by atoms with E-state index in [1.807, 2.05) is 12.1 Å². The van der Waals surface area contributed by atoms with Gasteiger partial charge in [-0.2, -0.15) is 8.78 Å². The van der Waals surface area contributed by atoms with Crippen LogP contribution < -0.4 is 9.47 Å². The Bertz CT molecular complexity index is 1300. The third-order valence-electron chi connectivity index (χ3n) is 10.5. The van der Waals surface area contributed by atoms with Gasteiger partial charge < -0.3 is 18.9 Å². The Kier molecular flexibility index (Phi) is 12.6. The van der Waals surface area contributed by atoms with Crippen LogP contribution >= 0.6 is 0 Å². The predicted octanol–water partition coefficient (Wildman–Crippen LogP) is 11.6. The minimum Gasteiger partial charge on any atom is -0.432 e. The van der Waals surface area contributed by atoms with E-state index in [2.05, 4.69) is 11.7 Å². The Hall–Kier alpha value is -2.53. The molecule has 2 aliphatic carbocycles. The highest BCUT2D eigenvalue weighted by Crippen LogP contribution is 2.47. The molecule has 0 bridgehead atoms. The van der Waals surface area contributed by atoms with E-state index in [1.165, 1.54) is 32.1 Å². The summed E-state index contributed by atoms with van der Waals surface area (Å²) in [4.78, 5) is 0. The van der Waals surface area contributed by atoms with Crippen LogP contribution in [0.5, 0.6) is 11.5 Å². The fraction of sp³-hybridized carbons (Fsp3) is 0.676. The zero-order valence-corrected chi connectivity index (χ0v) is 27.5. The lowest BCUT2D eigenvalue weighted by molar-refractivity contribution is -0.275. The zero-order chi connectivity index (χ0) is 34.3. The second-order valence-electron chi connectivity index (χ2n) is 13.9. The lowest BCUT2D eigenvalue weighted by Crippen LogP contribution is -2.38. The van der Waals surface area contributed by atoms with Gasteiger partial charge in [-0.15, -0.1) is 13.2 Å². The molecule has 3 aliphatic rings. The molecule has 11 heteroatoms. The summed E-state index contributed by atoms with van der Waals surface area (Å²) in [5.41, 5.74) is 1.40. The predicted molar refractivity (Wildman–Crippen MR) is 167 cm³/mol. The summed E-state index contributed by atoms with van der Waals surface area (Å²) in [6, 6.07) is 7.23. The van der Waals surface area contributed by atoms with Gasteiger partial charge in [0.2, 0.25) is 0 Å². The SMILES string of the molecule is CCCCCCCC1COC(c2ccc(C3CCC(C4CCC(C(F)(F)Oc5ccc(OC(F)(F)F)c(F)c5)CC4)CC3)c(F)c2)OC1. The van der Waals surface area contributed by atoms with Gasteiger partial charge in [0.15, 0.2) is 17.9 Å². The normalized spacial score (nSPS) is 27.1. The van der Waals surface area contributed by atoms with Crippen molar-refractivity contribution in [3.05, 3.63) is 59.2 Å². The second kappa shape index (κ2) is 16.5. The van der Waals surface area contributed by atoms with Gasteiger partial charge in [-0.05, 0) is 99.3 Å². The maximum Gasteiger partial charge on any atom is 0.573 e. The van der Waals surface area contributed by atoms with Gasteiger partial charge >= 0.3 is 12.5 Å². The van der Waals surface area contributed by atoms with E-state index in [9.17, 15) is 26.3 Å². The molecule has 2 aromatic rings. The van der Waals surface area contributed by atoms with Gasteiger partial charge in [-0.3, -0.25) is 0 Å². The molecule has 0 amide bonds.